The van der Waals surface area contributed by atoms with Gasteiger partial charge in [0, 0.05) is 27.4 Å². The van der Waals surface area contributed by atoms with Crippen LogP contribution in [-0.4, -0.2) is 12.0 Å². The highest BCUT2D eigenvalue weighted by atomic mass is 127. The highest BCUT2D eigenvalue weighted by Gasteiger charge is 2.14. The minimum Gasteiger partial charge on any atom is -0.387 e. The molecule has 0 saturated carbocycles. The second kappa shape index (κ2) is 4.80. The first-order valence-electron chi connectivity index (χ1n) is 5.82. The van der Waals surface area contributed by atoms with Crippen LogP contribution in [0, 0.1) is 10.5 Å². The van der Waals surface area contributed by atoms with Crippen molar-refractivity contribution >= 4 is 39.2 Å². The van der Waals surface area contributed by atoms with Crippen molar-refractivity contribution in [2.75, 3.05) is 12.4 Å². The first-order valence-corrected chi connectivity index (χ1v) is 6.90. The normalized spacial score (nSPS) is 11.2. The lowest BCUT2D eigenvalue weighted by molar-refractivity contribution is 0.849. The minimum absolute atomic E-state index is 0.479. The smallest absolute Gasteiger partial charge is 0.0726 e. The molecule has 17 heavy (non-hydrogen) atoms. The van der Waals surface area contributed by atoms with E-state index in [0.717, 1.165) is 11.2 Å². The Labute approximate surface area is 116 Å². The van der Waals surface area contributed by atoms with Gasteiger partial charge in [-0.2, -0.15) is 0 Å². The number of rotatable bonds is 2. The quantitative estimate of drug-likeness (QED) is 0.824. The van der Waals surface area contributed by atoms with Gasteiger partial charge in [-0.3, -0.25) is 4.98 Å². The predicted molar refractivity (Wildman–Crippen MR) is 82.8 cm³/mol. The Kier molecular flexibility index (Phi) is 3.56. The summed E-state index contributed by atoms with van der Waals surface area (Å²) in [6.07, 6.45) is 0. The van der Waals surface area contributed by atoms with Crippen LogP contribution in [0.5, 0.6) is 0 Å². The molecule has 90 valence electrons. The molecule has 2 nitrogen and oxygen atoms in total. The van der Waals surface area contributed by atoms with Gasteiger partial charge in [-0.15, -0.1) is 0 Å². The van der Waals surface area contributed by atoms with Crippen LogP contribution in [0.15, 0.2) is 18.2 Å². The lowest BCUT2D eigenvalue weighted by Gasteiger charge is -2.17. The molecule has 2 aromatic rings. The van der Waals surface area contributed by atoms with E-state index in [2.05, 4.69) is 66.9 Å². The molecule has 0 bridgehead atoms. The number of aromatic nitrogens is 1. The van der Waals surface area contributed by atoms with Crippen molar-refractivity contribution in [1.29, 1.82) is 0 Å². The van der Waals surface area contributed by atoms with Crippen LogP contribution < -0.4 is 5.32 Å². The van der Waals surface area contributed by atoms with Gasteiger partial charge in [0.15, 0.2) is 0 Å². The number of hydrogen-bond acceptors (Lipinski definition) is 2. The predicted octanol–water partition coefficient (Wildman–Crippen LogP) is 4.31. The molecule has 0 aliphatic heterocycles. The molecule has 2 rings (SSSR count). The Balaban J connectivity index is 2.87. The molecule has 0 fully saturated rings. The van der Waals surface area contributed by atoms with Crippen LogP contribution in [0.4, 0.5) is 5.69 Å². The zero-order valence-electron chi connectivity index (χ0n) is 10.6. The average molecular weight is 340 g/mol. The molecular weight excluding hydrogens is 323 g/mol. The van der Waals surface area contributed by atoms with Gasteiger partial charge in [0.2, 0.25) is 0 Å². The van der Waals surface area contributed by atoms with Crippen molar-refractivity contribution in [3.05, 3.63) is 33.0 Å². The van der Waals surface area contributed by atoms with Crippen molar-refractivity contribution in [3.63, 3.8) is 0 Å². The molecule has 0 aliphatic rings. The first-order chi connectivity index (χ1) is 8.04. The third-order valence-corrected chi connectivity index (χ3v) is 3.67. The SMILES string of the molecule is CNc1c(C(C)C)c(C)nc2ccc(I)cc12. The molecule has 0 aliphatic carbocycles. The molecular formula is C14H17IN2. The van der Waals surface area contributed by atoms with E-state index in [9.17, 15) is 0 Å². The fourth-order valence-electron chi connectivity index (χ4n) is 2.35. The molecule has 1 aromatic heterocycles. The number of pyridine rings is 1. The molecule has 1 N–H and O–H groups in total. The van der Waals surface area contributed by atoms with Crippen molar-refractivity contribution < 1.29 is 0 Å². The fourth-order valence-corrected chi connectivity index (χ4v) is 2.84. The Morgan fingerprint density at radius 3 is 2.59 bits per heavy atom. The van der Waals surface area contributed by atoms with Gasteiger partial charge in [-0.05, 0) is 59.2 Å². The highest BCUT2D eigenvalue weighted by molar-refractivity contribution is 14.1. The third kappa shape index (κ3) is 2.25. The molecule has 0 saturated heterocycles. The van der Waals surface area contributed by atoms with Crippen LogP contribution in [0.1, 0.15) is 31.0 Å². The Hall–Kier alpha value is -0.840. The second-order valence-electron chi connectivity index (χ2n) is 4.55. The van der Waals surface area contributed by atoms with E-state index in [1.165, 1.54) is 20.2 Å². The fraction of sp³-hybridized carbons (Fsp3) is 0.357. The topological polar surface area (TPSA) is 24.9 Å². The number of halogens is 1. The highest BCUT2D eigenvalue weighted by Crippen LogP contribution is 2.33. The van der Waals surface area contributed by atoms with E-state index in [1.807, 2.05) is 7.05 Å². The molecule has 0 atom stereocenters. The van der Waals surface area contributed by atoms with Gasteiger partial charge in [0.1, 0.15) is 0 Å². The summed E-state index contributed by atoms with van der Waals surface area (Å²) in [7, 11) is 1.99. The lowest BCUT2D eigenvalue weighted by atomic mass is 9.97. The largest absolute Gasteiger partial charge is 0.387 e. The Bertz CT molecular complexity index is 562. The first kappa shape index (κ1) is 12.6. The van der Waals surface area contributed by atoms with Gasteiger partial charge in [0.05, 0.1) is 5.52 Å². The number of aryl methyl sites for hydroxylation is 1. The van der Waals surface area contributed by atoms with E-state index in [-0.39, 0.29) is 0 Å². The Morgan fingerprint density at radius 2 is 2.00 bits per heavy atom. The average Bonchev–Trinajstić information content (AvgIpc) is 2.27. The van der Waals surface area contributed by atoms with Crippen LogP contribution in [0.25, 0.3) is 10.9 Å². The maximum Gasteiger partial charge on any atom is 0.0726 e. The van der Waals surface area contributed by atoms with Gasteiger partial charge >= 0.3 is 0 Å². The zero-order valence-corrected chi connectivity index (χ0v) is 12.8. The summed E-state index contributed by atoms with van der Waals surface area (Å²) in [5, 5.41) is 4.56. The van der Waals surface area contributed by atoms with E-state index >= 15 is 0 Å². The summed E-state index contributed by atoms with van der Waals surface area (Å²) < 4.78 is 1.24. The van der Waals surface area contributed by atoms with Gasteiger partial charge in [0.25, 0.3) is 0 Å². The van der Waals surface area contributed by atoms with E-state index in [1.54, 1.807) is 0 Å². The summed E-state index contributed by atoms with van der Waals surface area (Å²) >= 11 is 2.34. The summed E-state index contributed by atoms with van der Waals surface area (Å²) in [4.78, 5) is 4.70. The van der Waals surface area contributed by atoms with Crippen molar-refractivity contribution in [2.24, 2.45) is 0 Å². The lowest BCUT2D eigenvalue weighted by Crippen LogP contribution is -2.03. The van der Waals surface area contributed by atoms with Crippen molar-refractivity contribution in [1.82, 2.24) is 4.98 Å². The number of hydrogen-bond donors (Lipinski definition) is 1. The Morgan fingerprint density at radius 1 is 1.29 bits per heavy atom. The number of benzene rings is 1. The van der Waals surface area contributed by atoms with Gasteiger partial charge < -0.3 is 5.32 Å². The standard InChI is InChI=1S/C14H17IN2/c1-8(2)13-9(3)17-12-6-5-10(15)7-11(12)14(13)16-4/h5-8H,1-4H3,(H,16,17). The molecule has 3 heteroatoms. The number of nitrogens with zero attached hydrogens (tertiary/aromatic N) is 1. The molecule has 0 spiro atoms. The van der Waals surface area contributed by atoms with Crippen molar-refractivity contribution in [3.8, 4) is 0 Å². The van der Waals surface area contributed by atoms with Crippen LogP contribution in [0.3, 0.4) is 0 Å². The van der Waals surface area contributed by atoms with Crippen LogP contribution >= 0.6 is 22.6 Å². The number of fused-ring (bicyclic) bond motifs is 1. The molecule has 0 unspecified atom stereocenters. The van der Waals surface area contributed by atoms with Gasteiger partial charge in [-0.25, -0.2) is 0 Å². The zero-order chi connectivity index (χ0) is 12.6. The van der Waals surface area contributed by atoms with Crippen molar-refractivity contribution in [2.45, 2.75) is 26.7 Å². The summed E-state index contributed by atoms with van der Waals surface area (Å²) in [5.41, 5.74) is 4.73. The number of anilines is 1. The third-order valence-electron chi connectivity index (χ3n) is 3.00. The van der Waals surface area contributed by atoms with Crippen LogP contribution in [0.2, 0.25) is 0 Å². The van der Waals surface area contributed by atoms with Crippen LogP contribution in [-0.2, 0) is 0 Å². The maximum absolute atomic E-state index is 4.70. The van der Waals surface area contributed by atoms with Gasteiger partial charge in [-0.1, -0.05) is 13.8 Å². The molecule has 0 amide bonds. The molecule has 0 radical (unpaired) electrons. The van der Waals surface area contributed by atoms with E-state index < -0.39 is 0 Å². The monoisotopic (exact) mass is 340 g/mol. The second-order valence-corrected chi connectivity index (χ2v) is 5.80. The summed E-state index contributed by atoms with van der Waals surface area (Å²) in [6.45, 7) is 6.52. The summed E-state index contributed by atoms with van der Waals surface area (Å²) in [5.74, 6) is 0.479. The van der Waals surface area contributed by atoms with E-state index in [4.69, 9.17) is 4.98 Å². The minimum atomic E-state index is 0.479. The maximum atomic E-state index is 4.70. The molecule has 1 aromatic carbocycles. The summed E-state index contributed by atoms with van der Waals surface area (Å²) in [6, 6.07) is 6.39. The molecule has 1 heterocycles. The number of nitrogens with one attached hydrogen (secondary N) is 1. The van der Waals surface area contributed by atoms with E-state index in [0.29, 0.717) is 5.92 Å².